The normalized spacial score (nSPS) is 30.4. The van der Waals surface area contributed by atoms with Gasteiger partial charge < -0.3 is 30.0 Å². The third-order valence-electron chi connectivity index (χ3n) is 6.43. The van der Waals surface area contributed by atoms with E-state index in [2.05, 4.69) is 15.0 Å². The van der Waals surface area contributed by atoms with Crippen molar-refractivity contribution in [3.05, 3.63) is 42.5 Å². The van der Waals surface area contributed by atoms with Gasteiger partial charge in [0.15, 0.2) is 11.5 Å². The number of nitrogen functional groups attached to an aromatic ring is 1. The monoisotopic (exact) mass is 397 g/mol. The summed E-state index contributed by atoms with van der Waals surface area (Å²) in [6.07, 6.45) is 2.52. The van der Waals surface area contributed by atoms with Crippen LogP contribution in [0.1, 0.15) is 18.0 Å². The fourth-order valence-corrected chi connectivity index (χ4v) is 4.71. The molecule has 4 N–H and O–H groups in total. The van der Waals surface area contributed by atoms with Crippen molar-refractivity contribution in [3.63, 3.8) is 0 Å². The topological polar surface area (TPSA) is 129 Å². The summed E-state index contributed by atoms with van der Waals surface area (Å²) in [5.74, 6) is 1.17. The lowest BCUT2D eigenvalue weighted by Crippen LogP contribution is -2.37. The number of aliphatic hydroxyl groups excluding tert-OH is 2. The second-order valence-electron chi connectivity index (χ2n) is 7.84. The van der Waals surface area contributed by atoms with Crippen LogP contribution in [0.2, 0.25) is 0 Å². The van der Waals surface area contributed by atoms with Crippen LogP contribution in [0.5, 0.6) is 5.75 Å². The van der Waals surface area contributed by atoms with E-state index in [9.17, 15) is 10.2 Å². The number of methoxy groups -OCH3 is 1. The summed E-state index contributed by atoms with van der Waals surface area (Å²) in [4.78, 5) is 12.7. The van der Waals surface area contributed by atoms with E-state index in [0.29, 0.717) is 23.6 Å². The Morgan fingerprint density at radius 2 is 2.03 bits per heavy atom. The number of hydrogen-bond acceptors (Lipinski definition) is 8. The van der Waals surface area contributed by atoms with E-state index < -0.39 is 17.6 Å². The van der Waals surface area contributed by atoms with Crippen LogP contribution in [0.25, 0.3) is 11.2 Å². The van der Waals surface area contributed by atoms with Crippen LogP contribution in [0.3, 0.4) is 0 Å². The number of ether oxygens (including phenoxy) is 2. The molecule has 0 spiro atoms. The van der Waals surface area contributed by atoms with Gasteiger partial charge in [0.1, 0.15) is 23.7 Å². The van der Waals surface area contributed by atoms with Crippen LogP contribution in [0.15, 0.2) is 36.9 Å². The Morgan fingerprint density at radius 1 is 1.24 bits per heavy atom. The maximum atomic E-state index is 11.0. The molecule has 3 aromatic rings. The SMILES string of the molecule is COc1ccc(CO[C@H]2C(O)[C@]3(CO)C[C@@H]3[C@H]2n2cnc3c(N)ncnc32)cc1. The molecule has 152 valence electrons. The average Bonchev–Trinajstić information content (AvgIpc) is 3.25. The fourth-order valence-electron chi connectivity index (χ4n) is 4.71. The number of imidazole rings is 1. The molecule has 0 bridgehead atoms. The first-order valence-corrected chi connectivity index (χ1v) is 9.55. The van der Waals surface area contributed by atoms with Gasteiger partial charge in [-0.2, -0.15) is 0 Å². The quantitative estimate of drug-likeness (QED) is 0.560. The molecule has 2 aliphatic carbocycles. The number of anilines is 1. The highest BCUT2D eigenvalue weighted by molar-refractivity contribution is 5.81. The van der Waals surface area contributed by atoms with Crippen molar-refractivity contribution in [2.45, 2.75) is 31.3 Å². The molecule has 1 unspecified atom stereocenters. The minimum absolute atomic E-state index is 0.0805. The Balaban J connectivity index is 1.46. The minimum atomic E-state index is -0.780. The van der Waals surface area contributed by atoms with Crippen LogP contribution < -0.4 is 10.5 Å². The molecule has 2 heterocycles. The standard InChI is InChI=1S/C20H23N5O4/c1-28-12-4-2-11(3-5-12)7-29-16-15(13-6-20(13,8-26)17(16)27)25-10-24-14-18(21)22-9-23-19(14)25/h2-5,9-10,13,15-17,26-27H,6-8H2,1H3,(H2,21,22,23)/t13-,15-,16-,17?,20+/m1/s1. The highest BCUT2D eigenvalue weighted by atomic mass is 16.5. The molecule has 2 saturated carbocycles. The third kappa shape index (κ3) is 2.69. The second-order valence-corrected chi connectivity index (χ2v) is 7.84. The Morgan fingerprint density at radius 3 is 2.76 bits per heavy atom. The summed E-state index contributed by atoms with van der Waals surface area (Å²) in [6.45, 7) is 0.252. The largest absolute Gasteiger partial charge is 0.497 e. The molecule has 0 radical (unpaired) electrons. The molecule has 2 aliphatic rings. The van der Waals surface area contributed by atoms with E-state index >= 15 is 0 Å². The number of aromatic nitrogens is 4. The Bertz CT molecular complexity index is 1040. The Labute approximate surface area is 167 Å². The van der Waals surface area contributed by atoms with Gasteiger partial charge >= 0.3 is 0 Å². The van der Waals surface area contributed by atoms with E-state index in [1.165, 1.54) is 6.33 Å². The van der Waals surface area contributed by atoms with E-state index in [4.69, 9.17) is 15.2 Å². The van der Waals surface area contributed by atoms with Crippen molar-refractivity contribution in [3.8, 4) is 5.75 Å². The van der Waals surface area contributed by atoms with Crippen molar-refractivity contribution in [1.29, 1.82) is 0 Å². The van der Waals surface area contributed by atoms with E-state index in [0.717, 1.165) is 17.7 Å². The van der Waals surface area contributed by atoms with Crippen molar-refractivity contribution >= 4 is 17.0 Å². The van der Waals surface area contributed by atoms with Gasteiger partial charge in [0.2, 0.25) is 0 Å². The first-order chi connectivity index (χ1) is 14.1. The maximum absolute atomic E-state index is 11.0. The number of rotatable bonds is 6. The van der Waals surface area contributed by atoms with E-state index in [1.54, 1.807) is 13.4 Å². The van der Waals surface area contributed by atoms with Gasteiger partial charge in [-0.05, 0) is 30.0 Å². The molecule has 9 nitrogen and oxygen atoms in total. The first-order valence-electron chi connectivity index (χ1n) is 9.55. The summed E-state index contributed by atoms with van der Waals surface area (Å²) in [5, 5.41) is 21.0. The average molecular weight is 397 g/mol. The van der Waals surface area contributed by atoms with Crippen molar-refractivity contribution in [1.82, 2.24) is 19.5 Å². The number of nitrogens with two attached hydrogens (primary N) is 1. The molecule has 9 heteroatoms. The summed E-state index contributed by atoms with van der Waals surface area (Å²) in [5.41, 5.74) is 7.49. The van der Waals surface area contributed by atoms with Crippen LogP contribution in [0, 0.1) is 11.3 Å². The van der Waals surface area contributed by atoms with Crippen LogP contribution in [-0.2, 0) is 11.3 Å². The first kappa shape index (κ1) is 18.3. The molecule has 1 aromatic carbocycles. The highest BCUT2D eigenvalue weighted by Gasteiger charge is 2.71. The summed E-state index contributed by atoms with van der Waals surface area (Å²) in [7, 11) is 1.62. The smallest absolute Gasteiger partial charge is 0.165 e. The van der Waals surface area contributed by atoms with Gasteiger partial charge in [0.25, 0.3) is 0 Å². The summed E-state index contributed by atoms with van der Waals surface area (Å²) < 4.78 is 13.3. The molecule has 0 saturated heterocycles. The zero-order valence-electron chi connectivity index (χ0n) is 16.0. The molecule has 5 atom stereocenters. The molecular formula is C20H23N5O4. The van der Waals surface area contributed by atoms with Gasteiger partial charge in [-0.1, -0.05) is 12.1 Å². The van der Waals surface area contributed by atoms with Gasteiger partial charge in [-0.25, -0.2) is 15.0 Å². The number of fused-ring (bicyclic) bond motifs is 2. The number of nitrogens with zero attached hydrogens (tertiary/aromatic N) is 4. The maximum Gasteiger partial charge on any atom is 0.165 e. The van der Waals surface area contributed by atoms with Gasteiger partial charge in [-0.15, -0.1) is 0 Å². The number of hydrogen-bond donors (Lipinski definition) is 3. The van der Waals surface area contributed by atoms with Crippen LogP contribution in [-0.4, -0.2) is 55.7 Å². The van der Waals surface area contributed by atoms with Gasteiger partial charge in [0, 0.05) is 5.41 Å². The summed E-state index contributed by atoms with van der Waals surface area (Å²) in [6, 6.07) is 7.40. The van der Waals surface area contributed by atoms with Crippen molar-refractivity contribution in [2.24, 2.45) is 11.3 Å². The fraction of sp³-hybridized carbons (Fsp3) is 0.450. The lowest BCUT2D eigenvalue weighted by atomic mass is 10.00. The van der Waals surface area contributed by atoms with E-state index in [1.807, 2.05) is 28.8 Å². The molecular weight excluding hydrogens is 374 g/mol. The highest BCUT2D eigenvalue weighted by Crippen LogP contribution is 2.68. The van der Waals surface area contributed by atoms with E-state index in [-0.39, 0.29) is 18.6 Å². The Hall–Kier alpha value is -2.75. The molecule has 0 amide bonds. The summed E-state index contributed by atoms with van der Waals surface area (Å²) >= 11 is 0. The van der Waals surface area contributed by atoms with Gasteiger partial charge in [-0.3, -0.25) is 0 Å². The van der Waals surface area contributed by atoms with Crippen LogP contribution >= 0.6 is 0 Å². The molecule has 29 heavy (non-hydrogen) atoms. The van der Waals surface area contributed by atoms with Crippen molar-refractivity contribution < 1.29 is 19.7 Å². The molecule has 0 aliphatic heterocycles. The number of aliphatic hydroxyl groups is 2. The zero-order valence-corrected chi connectivity index (χ0v) is 16.0. The predicted molar refractivity (Wildman–Crippen MR) is 104 cm³/mol. The lowest BCUT2D eigenvalue weighted by molar-refractivity contribution is -0.0784. The third-order valence-corrected chi connectivity index (χ3v) is 6.43. The second kappa shape index (κ2) is 6.65. The predicted octanol–water partition coefficient (Wildman–Crippen LogP) is 0.917. The lowest BCUT2D eigenvalue weighted by Gasteiger charge is -2.28. The van der Waals surface area contributed by atoms with Crippen molar-refractivity contribution in [2.75, 3.05) is 19.5 Å². The molecule has 2 fully saturated rings. The molecule has 2 aromatic heterocycles. The Kier molecular flexibility index (Phi) is 4.19. The molecule has 5 rings (SSSR count). The zero-order chi connectivity index (χ0) is 20.2. The van der Waals surface area contributed by atoms with Crippen LogP contribution in [0.4, 0.5) is 5.82 Å². The minimum Gasteiger partial charge on any atom is -0.497 e. The van der Waals surface area contributed by atoms with Gasteiger partial charge in [0.05, 0.1) is 38.8 Å². The number of benzene rings is 1.